The first-order chi connectivity index (χ1) is 9.24. The number of carbonyl (C=O) groups is 1. The quantitative estimate of drug-likeness (QED) is 0.831. The third-order valence-corrected chi connectivity index (χ3v) is 3.79. The Bertz CT molecular complexity index is 634. The molecule has 0 radical (unpaired) electrons. The lowest BCUT2D eigenvalue weighted by Gasteiger charge is -2.16. The Labute approximate surface area is 113 Å². The molecule has 0 bridgehead atoms. The van der Waals surface area contributed by atoms with Crippen LogP contribution in [0, 0.1) is 0 Å². The van der Waals surface area contributed by atoms with Crippen LogP contribution in [0.2, 0.25) is 6.32 Å². The van der Waals surface area contributed by atoms with E-state index in [0.29, 0.717) is 5.56 Å². The molecule has 1 heterocycles. The molecular formula is C16H15BO2. The van der Waals surface area contributed by atoms with Crippen molar-refractivity contribution in [1.29, 1.82) is 0 Å². The zero-order valence-corrected chi connectivity index (χ0v) is 10.7. The predicted molar refractivity (Wildman–Crippen MR) is 78.7 cm³/mol. The van der Waals surface area contributed by atoms with Crippen LogP contribution in [0.3, 0.4) is 0 Å². The monoisotopic (exact) mass is 250 g/mol. The molecule has 0 atom stereocenters. The molecule has 1 N–H and O–H groups in total. The van der Waals surface area contributed by atoms with Gasteiger partial charge in [0.25, 0.3) is 0 Å². The third-order valence-electron chi connectivity index (χ3n) is 3.79. The summed E-state index contributed by atoms with van der Waals surface area (Å²) in [6, 6.07) is 13.7. The molecule has 2 aromatic rings. The van der Waals surface area contributed by atoms with Gasteiger partial charge in [-0.15, -0.1) is 0 Å². The standard InChI is InChI=1S/C16H15BO2/c18-16(19)14-4-1-3-12(9-14)13-7-6-11-5-2-8-17-15(11)10-13/h1,3-4,6-7,9-10,17H,2,5,8H2,(H,18,19). The van der Waals surface area contributed by atoms with Gasteiger partial charge in [0.1, 0.15) is 0 Å². The Kier molecular flexibility index (Phi) is 3.12. The summed E-state index contributed by atoms with van der Waals surface area (Å²) >= 11 is 0. The zero-order valence-electron chi connectivity index (χ0n) is 10.7. The lowest BCUT2D eigenvalue weighted by Crippen LogP contribution is -2.23. The van der Waals surface area contributed by atoms with E-state index in [2.05, 4.69) is 18.2 Å². The molecule has 0 aromatic heterocycles. The average molecular weight is 250 g/mol. The maximum Gasteiger partial charge on any atom is 0.335 e. The van der Waals surface area contributed by atoms with E-state index in [1.54, 1.807) is 18.2 Å². The first-order valence-electron chi connectivity index (χ1n) is 6.69. The highest BCUT2D eigenvalue weighted by molar-refractivity contribution is 6.54. The number of carboxylic acids is 1. The van der Waals surface area contributed by atoms with Crippen molar-refractivity contribution in [3.05, 3.63) is 53.6 Å². The minimum atomic E-state index is -0.875. The molecule has 0 amide bonds. The summed E-state index contributed by atoms with van der Waals surface area (Å²) in [5.41, 5.74) is 5.31. The van der Waals surface area contributed by atoms with E-state index in [4.69, 9.17) is 5.11 Å². The fourth-order valence-electron chi connectivity index (χ4n) is 2.74. The highest BCUT2D eigenvalue weighted by Crippen LogP contribution is 2.22. The lowest BCUT2D eigenvalue weighted by atomic mass is 9.60. The second-order valence-corrected chi connectivity index (χ2v) is 5.08. The normalized spacial score (nSPS) is 13.5. The first-order valence-corrected chi connectivity index (χ1v) is 6.69. The van der Waals surface area contributed by atoms with E-state index in [9.17, 15) is 4.79 Å². The molecular weight excluding hydrogens is 235 g/mol. The Morgan fingerprint density at radius 3 is 2.79 bits per heavy atom. The number of carboxylic acid groups (broad SMARTS) is 1. The summed E-state index contributed by atoms with van der Waals surface area (Å²) in [6.45, 7) is 0. The summed E-state index contributed by atoms with van der Waals surface area (Å²) in [5, 5.41) is 9.05. The zero-order chi connectivity index (χ0) is 13.2. The van der Waals surface area contributed by atoms with Crippen molar-refractivity contribution in [2.24, 2.45) is 0 Å². The number of aryl methyl sites for hydroxylation is 1. The molecule has 0 aliphatic carbocycles. The second kappa shape index (κ2) is 4.92. The molecule has 94 valence electrons. The number of benzene rings is 2. The van der Waals surface area contributed by atoms with Gasteiger partial charge < -0.3 is 5.11 Å². The Hall–Kier alpha value is -2.03. The van der Waals surface area contributed by atoms with Gasteiger partial charge in [0, 0.05) is 0 Å². The van der Waals surface area contributed by atoms with Crippen molar-refractivity contribution in [3.63, 3.8) is 0 Å². The van der Waals surface area contributed by atoms with Gasteiger partial charge in [-0.1, -0.05) is 54.1 Å². The summed E-state index contributed by atoms with van der Waals surface area (Å²) < 4.78 is 0. The Morgan fingerprint density at radius 1 is 1.11 bits per heavy atom. The van der Waals surface area contributed by atoms with Gasteiger partial charge in [0.05, 0.1) is 5.56 Å². The van der Waals surface area contributed by atoms with Crippen LogP contribution >= 0.6 is 0 Å². The molecule has 3 heteroatoms. The summed E-state index contributed by atoms with van der Waals surface area (Å²) in [5.74, 6) is -0.875. The number of aromatic carboxylic acids is 1. The van der Waals surface area contributed by atoms with Crippen LogP contribution in [-0.2, 0) is 6.42 Å². The smallest absolute Gasteiger partial charge is 0.335 e. The molecule has 0 saturated heterocycles. The average Bonchev–Trinajstić information content (AvgIpc) is 2.47. The SMILES string of the molecule is O=C(O)c1cccc(-c2ccc3c(c2)BCCC3)c1. The molecule has 3 rings (SSSR count). The van der Waals surface area contributed by atoms with Crippen LogP contribution in [0.4, 0.5) is 0 Å². The van der Waals surface area contributed by atoms with Crippen LogP contribution in [0.25, 0.3) is 11.1 Å². The van der Waals surface area contributed by atoms with E-state index in [0.717, 1.165) is 18.4 Å². The molecule has 19 heavy (non-hydrogen) atoms. The van der Waals surface area contributed by atoms with Gasteiger partial charge in [-0.3, -0.25) is 0 Å². The predicted octanol–water partition coefficient (Wildman–Crippen LogP) is 2.48. The van der Waals surface area contributed by atoms with Gasteiger partial charge in [0.2, 0.25) is 0 Å². The summed E-state index contributed by atoms with van der Waals surface area (Å²) in [6.07, 6.45) is 3.71. The lowest BCUT2D eigenvalue weighted by molar-refractivity contribution is 0.0697. The van der Waals surface area contributed by atoms with Crippen molar-refractivity contribution in [2.45, 2.75) is 19.2 Å². The molecule has 2 nitrogen and oxygen atoms in total. The molecule has 0 unspecified atom stereocenters. The Morgan fingerprint density at radius 2 is 1.95 bits per heavy atom. The van der Waals surface area contributed by atoms with Gasteiger partial charge in [0.15, 0.2) is 7.28 Å². The second-order valence-electron chi connectivity index (χ2n) is 5.08. The van der Waals surface area contributed by atoms with E-state index >= 15 is 0 Å². The topological polar surface area (TPSA) is 37.3 Å². The van der Waals surface area contributed by atoms with Gasteiger partial charge >= 0.3 is 5.97 Å². The summed E-state index contributed by atoms with van der Waals surface area (Å²) in [7, 11) is 1.14. The molecule has 2 aromatic carbocycles. The van der Waals surface area contributed by atoms with Crippen LogP contribution in [-0.4, -0.2) is 18.4 Å². The Balaban J connectivity index is 2.02. The van der Waals surface area contributed by atoms with Crippen LogP contribution < -0.4 is 5.46 Å². The van der Waals surface area contributed by atoms with Gasteiger partial charge in [-0.2, -0.15) is 0 Å². The van der Waals surface area contributed by atoms with Crippen molar-refractivity contribution in [2.75, 3.05) is 0 Å². The number of rotatable bonds is 2. The third kappa shape index (κ3) is 2.41. The molecule has 0 saturated carbocycles. The number of hydrogen-bond donors (Lipinski definition) is 1. The fraction of sp³-hybridized carbons (Fsp3) is 0.188. The molecule has 1 aliphatic rings. The molecule has 1 aliphatic heterocycles. The minimum Gasteiger partial charge on any atom is -0.478 e. The van der Waals surface area contributed by atoms with Gasteiger partial charge in [-0.25, -0.2) is 4.79 Å². The van der Waals surface area contributed by atoms with E-state index < -0.39 is 5.97 Å². The van der Waals surface area contributed by atoms with Crippen LogP contribution in [0.1, 0.15) is 22.3 Å². The van der Waals surface area contributed by atoms with Crippen LogP contribution in [0.15, 0.2) is 42.5 Å². The number of hydrogen-bond acceptors (Lipinski definition) is 1. The summed E-state index contributed by atoms with van der Waals surface area (Å²) in [4.78, 5) is 11.0. The fourth-order valence-corrected chi connectivity index (χ4v) is 2.74. The van der Waals surface area contributed by atoms with Crippen molar-refractivity contribution >= 4 is 18.7 Å². The van der Waals surface area contributed by atoms with E-state index in [-0.39, 0.29) is 0 Å². The largest absolute Gasteiger partial charge is 0.478 e. The van der Waals surface area contributed by atoms with Crippen molar-refractivity contribution in [3.8, 4) is 11.1 Å². The van der Waals surface area contributed by atoms with E-state index in [1.165, 1.54) is 30.2 Å². The van der Waals surface area contributed by atoms with Gasteiger partial charge in [-0.05, 0) is 29.7 Å². The van der Waals surface area contributed by atoms with Crippen LogP contribution in [0.5, 0.6) is 0 Å². The molecule has 0 fully saturated rings. The highest BCUT2D eigenvalue weighted by Gasteiger charge is 2.12. The van der Waals surface area contributed by atoms with Crippen molar-refractivity contribution < 1.29 is 9.90 Å². The minimum absolute atomic E-state index is 0.343. The maximum atomic E-state index is 11.0. The number of fused-ring (bicyclic) bond motifs is 1. The maximum absolute atomic E-state index is 11.0. The molecule has 0 spiro atoms. The van der Waals surface area contributed by atoms with Crippen molar-refractivity contribution in [1.82, 2.24) is 0 Å². The highest BCUT2D eigenvalue weighted by atomic mass is 16.4. The van der Waals surface area contributed by atoms with E-state index in [1.807, 2.05) is 6.07 Å². The first kappa shape index (κ1) is 12.0.